The molecule has 0 aliphatic carbocycles. The van der Waals surface area contributed by atoms with Gasteiger partial charge in [0.1, 0.15) is 0 Å². The van der Waals surface area contributed by atoms with Crippen molar-refractivity contribution in [2.75, 3.05) is 0 Å². The van der Waals surface area contributed by atoms with Crippen LogP contribution in [0, 0.1) is 0 Å². The van der Waals surface area contributed by atoms with Gasteiger partial charge in [-0.15, -0.1) is 0 Å². The molecule has 4 rings (SSSR count). The Morgan fingerprint density at radius 2 is 1.18 bits per heavy atom. The number of benzene rings is 4. The van der Waals surface area contributed by atoms with Gasteiger partial charge in [-0.1, -0.05) is 60.7 Å². The van der Waals surface area contributed by atoms with Gasteiger partial charge in [0.2, 0.25) is 0 Å². The first-order chi connectivity index (χ1) is 10.8. The second kappa shape index (κ2) is 5.09. The maximum absolute atomic E-state index is 9.96. The number of fused-ring (bicyclic) bond motifs is 5. The molecule has 0 saturated heterocycles. The predicted octanol–water partition coefficient (Wildman–Crippen LogP) is 4.13. The number of rotatable bonds is 2. The molecule has 0 amide bonds. The van der Waals surface area contributed by atoms with Gasteiger partial charge in [-0.3, -0.25) is 0 Å². The molecular weight excluding hydrogens is 272 g/mol. The number of aliphatic hydroxyl groups is 2. The van der Waals surface area contributed by atoms with Crippen molar-refractivity contribution in [2.45, 2.75) is 13.2 Å². The summed E-state index contributed by atoms with van der Waals surface area (Å²) >= 11 is 0. The summed E-state index contributed by atoms with van der Waals surface area (Å²) in [6.07, 6.45) is 0. The monoisotopic (exact) mass is 288 g/mol. The normalized spacial score (nSPS) is 11.5. The van der Waals surface area contributed by atoms with E-state index in [0.717, 1.165) is 43.4 Å². The molecule has 0 saturated carbocycles. The maximum Gasteiger partial charge on any atom is 0.0691 e. The molecule has 0 aromatic heterocycles. The van der Waals surface area contributed by atoms with Crippen LogP contribution in [0.3, 0.4) is 0 Å². The first kappa shape index (κ1) is 13.3. The molecule has 2 nitrogen and oxygen atoms in total. The number of hydrogen-bond acceptors (Lipinski definition) is 2. The predicted molar refractivity (Wildman–Crippen MR) is 90.8 cm³/mol. The van der Waals surface area contributed by atoms with E-state index in [9.17, 15) is 10.2 Å². The zero-order valence-electron chi connectivity index (χ0n) is 12.1. The first-order valence-electron chi connectivity index (χ1n) is 7.40. The molecule has 0 aliphatic heterocycles. The molecule has 0 atom stereocenters. The van der Waals surface area contributed by atoms with Crippen LogP contribution < -0.4 is 0 Å². The van der Waals surface area contributed by atoms with E-state index in [1.165, 1.54) is 0 Å². The van der Waals surface area contributed by atoms with E-state index in [1.807, 2.05) is 30.3 Å². The van der Waals surface area contributed by atoms with Gasteiger partial charge in [-0.05, 0) is 43.4 Å². The van der Waals surface area contributed by atoms with Gasteiger partial charge in [0.15, 0.2) is 0 Å². The highest BCUT2D eigenvalue weighted by atomic mass is 16.3. The Balaban J connectivity index is 2.36. The lowest BCUT2D eigenvalue weighted by Gasteiger charge is -2.16. The zero-order chi connectivity index (χ0) is 15.1. The summed E-state index contributed by atoms with van der Waals surface area (Å²) in [5, 5.41) is 26.4. The minimum atomic E-state index is -0.0781. The van der Waals surface area contributed by atoms with Gasteiger partial charge in [0, 0.05) is 0 Å². The molecule has 0 fully saturated rings. The molecule has 0 bridgehead atoms. The number of hydrogen-bond donors (Lipinski definition) is 2. The van der Waals surface area contributed by atoms with Crippen LogP contribution in [0.1, 0.15) is 11.1 Å². The molecule has 2 heteroatoms. The van der Waals surface area contributed by atoms with Gasteiger partial charge < -0.3 is 10.2 Å². The smallest absolute Gasteiger partial charge is 0.0691 e. The highest BCUT2D eigenvalue weighted by molar-refractivity contribution is 6.19. The third-order valence-electron chi connectivity index (χ3n) is 4.45. The fourth-order valence-electron chi connectivity index (χ4n) is 3.47. The molecule has 108 valence electrons. The van der Waals surface area contributed by atoms with E-state index in [-0.39, 0.29) is 13.2 Å². The SMILES string of the molecule is OCc1c(CO)c2c3ccccc3ccc2c2ccccc12. The molecular formula is C20H16O2. The minimum Gasteiger partial charge on any atom is -0.392 e. The summed E-state index contributed by atoms with van der Waals surface area (Å²) in [4.78, 5) is 0. The lowest BCUT2D eigenvalue weighted by molar-refractivity contribution is 0.262. The Bertz CT molecular complexity index is 996. The Kier molecular flexibility index (Phi) is 3.07. The Labute approximate surface area is 128 Å². The molecule has 4 aromatic rings. The third kappa shape index (κ3) is 1.75. The third-order valence-corrected chi connectivity index (χ3v) is 4.45. The van der Waals surface area contributed by atoms with E-state index in [4.69, 9.17) is 0 Å². The molecule has 0 unspecified atom stereocenters. The van der Waals surface area contributed by atoms with Gasteiger partial charge in [0.05, 0.1) is 13.2 Å². The van der Waals surface area contributed by atoms with Gasteiger partial charge in [0.25, 0.3) is 0 Å². The molecule has 0 radical (unpaired) electrons. The summed E-state index contributed by atoms with van der Waals surface area (Å²) < 4.78 is 0. The summed E-state index contributed by atoms with van der Waals surface area (Å²) in [7, 11) is 0. The van der Waals surface area contributed by atoms with E-state index >= 15 is 0 Å². The van der Waals surface area contributed by atoms with Crippen LogP contribution in [0.25, 0.3) is 32.3 Å². The average Bonchev–Trinajstić information content (AvgIpc) is 2.60. The highest BCUT2D eigenvalue weighted by Crippen LogP contribution is 2.37. The van der Waals surface area contributed by atoms with Crippen LogP contribution in [0.2, 0.25) is 0 Å². The summed E-state index contributed by atoms with van der Waals surface area (Å²) in [5.41, 5.74) is 1.65. The molecule has 0 heterocycles. The molecule has 4 aromatic carbocycles. The standard InChI is InChI=1S/C20H16O2/c21-11-18-16-8-4-3-7-15(16)17-10-9-13-5-1-2-6-14(13)20(17)19(18)12-22/h1-10,21-22H,11-12H2. The Morgan fingerprint density at radius 1 is 0.545 bits per heavy atom. The molecule has 2 N–H and O–H groups in total. The van der Waals surface area contributed by atoms with E-state index in [0.29, 0.717) is 0 Å². The summed E-state index contributed by atoms with van der Waals surface area (Å²) in [5.74, 6) is 0. The molecule has 0 spiro atoms. The lowest BCUT2D eigenvalue weighted by Crippen LogP contribution is -1.98. The van der Waals surface area contributed by atoms with Crippen LogP contribution in [-0.2, 0) is 13.2 Å². The van der Waals surface area contributed by atoms with Crippen molar-refractivity contribution in [3.63, 3.8) is 0 Å². The zero-order valence-corrected chi connectivity index (χ0v) is 12.1. The molecule has 0 aliphatic rings. The van der Waals surface area contributed by atoms with Gasteiger partial charge in [-0.25, -0.2) is 0 Å². The van der Waals surface area contributed by atoms with Crippen molar-refractivity contribution in [3.05, 3.63) is 71.8 Å². The minimum absolute atomic E-state index is 0.0738. The van der Waals surface area contributed by atoms with Crippen LogP contribution in [0.5, 0.6) is 0 Å². The summed E-state index contributed by atoms with van der Waals surface area (Å²) in [6.45, 7) is -0.152. The second-order valence-corrected chi connectivity index (χ2v) is 5.53. The summed E-state index contributed by atoms with van der Waals surface area (Å²) in [6, 6.07) is 20.5. The van der Waals surface area contributed by atoms with Crippen LogP contribution in [0.15, 0.2) is 60.7 Å². The Hall–Kier alpha value is -2.42. The largest absolute Gasteiger partial charge is 0.392 e. The van der Waals surface area contributed by atoms with Crippen molar-refractivity contribution < 1.29 is 10.2 Å². The fourth-order valence-corrected chi connectivity index (χ4v) is 3.47. The lowest BCUT2D eigenvalue weighted by atomic mass is 9.89. The van der Waals surface area contributed by atoms with Crippen molar-refractivity contribution in [2.24, 2.45) is 0 Å². The van der Waals surface area contributed by atoms with E-state index < -0.39 is 0 Å². The fraction of sp³-hybridized carbons (Fsp3) is 0.100. The van der Waals surface area contributed by atoms with Crippen LogP contribution in [0.4, 0.5) is 0 Å². The quantitative estimate of drug-likeness (QED) is 0.544. The van der Waals surface area contributed by atoms with Crippen molar-refractivity contribution in [3.8, 4) is 0 Å². The van der Waals surface area contributed by atoms with Crippen LogP contribution in [-0.4, -0.2) is 10.2 Å². The second-order valence-electron chi connectivity index (χ2n) is 5.53. The van der Waals surface area contributed by atoms with Crippen LogP contribution >= 0.6 is 0 Å². The number of aliphatic hydroxyl groups excluding tert-OH is 2. The van der Waals surface area contributed by atoms with Crippen molar-refractivity contribution in [1.82, 2.24) is 0 Å². The first-order valence-corrected chi connectivity index (χ1v) is 7.40. The van der Waals surface area contributed by atoms with Gasteiger partial charge in [-0.2, -0.15) is 0 Å². The van der Waals surface area contributed by atoms with Gasteiger partial charge >= 0.3 is 0 Å². The van der Waals surface area contributed by atoms with Crippen molar-refractivity contribution in [1.29, 1.82) is 0 Å². The van der Waals surface area contributed by atoms with Crippen molar-refractivity contribution >= 4 is 32.3 Å². The average molecular weight is 288 g/mol. The maximum atomic E-state index is 9.96. The Morgan fingerprint density at radius 3 is 1.91 bits per heavy atom. The van der Waals surface area contributed by atoms with E-state index in [2.05, 4.69) is 30.3 Å². The highest BCUT2D eigenvalue weighted by Gasteiger charge is 2.14. The molecule has 22 heavy (non-hydrogen) atoms. The van der Waals surface area contributed by atoms with E-state index in [1.54, 1.807) is 0 Å². The topological polar surface area (TPSA) is 40.5 Å².